The molecule has 0 radical (unpaired) electrons. The average Bonchev–Trinajstić information content (AvgIpc) is 2.51. The topological polar surface area (TPSA) is 0 Å². The van der Waals surface area contributed by atoms with Gasteiger partial charge in [0.2, 0.25) is 0 Å². The molecule has 13 heavy (non-hydrogen) atoms. The highest BCUT2D eigenvalue weighted by Gasteiger charge is 2.39. The van der Waals surface area contributed by atoms with Crippen LogP contribution in [-0.2, 0) is 0 Å². The van der Waals surface area contributed by atoms with E-state index in [2.05, 4.69) is 13.8 Å². The number of hydrogen-bond donors (Lipinski definition) is 0. The van der Waals surface area contributed by atoms with Gasteiger partial charge in [0.25, 0.3) is 0 Å². The average molecular weight is 182 g/mol. The Morgan fingerprint density at radius 1 is 1.15 bits per heavy atom. The minimum Gasteiger partial charge on any atom is -0.323 e. The molecular formula is C12H24N+. The lowest BCUT2D eigenvalue weighted by molar-refractivity contribution is -0.928. The van der Waals surface area contributed by atoms with Crippen LogP contribution in [0.15, 0.2) is 0 Å². The zero-order valence-corrected chi connectivity index (χ0v) is 9.26. The van der Waals surface area contributed by atoms with E-state index < -0.39 is 0 Å². The van der Waals surface area contributed by atoms with Crippen LogP contribution in [0.2, 0.25) is 0 Å². The Hall–Kier alpha value is -0.0400. The molecule has 0 N–H and O–H groups in total. The van der Waals surface area contributed by atoms with Gasteiger partial charge in [-0.3, -0.25) is 0 Å². The van der Waals surface area contributed by atoms with Gasteiger partial charge in [-0.1, -0.05) is 13.8 Å². The van der Waals surface area contributed by atoms with Crippen LogP contribution in [0.25, 0.3) is 0 Å². The second-order valence-corrected chi connectivity index (χ2v) is 5.48. The molecule has 2 heterocycles. The number of hydrogen-bond acceptors (Lipinski definition) is 0. The maximum atomic E-state index is 2.46. The van der Waals surface area contributed by atoms with Crippen LogP contribution in [-0.4, -0.2) is 30.7 Å². The van der Waals surface area contributed by atoms with Gasteiger partial charge in [-0.05, 0) is 12.8 Å². The first-order valence-corrected chi connectivity index (χ1v) is 6.09. The highest BCUT2D eigenvalue weighted by molar-refractivity contribution is 4.71. The minimum absolute atomic E-state index is 0.983. The normalized spacial score (nSPS) is 38.3. The zero-order chi connectivity index (χ0) is 9.31. The van der Waals surface area contributed by atoms with E-state index in [1.165, 1.54) is 56.3 Å². The Labute approximate surface area is 82.7 Å². The molecule has 1 spiro atoms. The Morgan fingerprint density at radius 2 is 1.85 bits per heavy atom. The molecule has 0 aliphatic carbocycles. The molecule has 0 aromatic carbocycles. The van der Waals surface area contributed by atoms with E-state index in [9.17, 15) is 0 Å². The molecule has 0 amide bonds. The van der Waals surface area contributed by atoms with Crippen molar-refractivity contribution in [3.63, 3.8) is 0 Å². The summed E-state index contributed by atoms with van der Waals surface area (Å²) in [5.41, 5.74) is 0. The van der Waals surface area contributed by atoms with Crippen LogP contribution < -0.4 is 0 Å². The fourth-order valence-electron chi connectivity index (χ4n) is 3.67. The fraction of sp³-hybridized carbons (Fsp3) is 1.00. The molecule has 0 bridgehead atoms. The summed E-state index contributed by atoms with van der Waals surface area (Å²) in [4.78, 5) is 0. The van der Waals surface area contributed by atoms with Crippen molar-refractivity contribution in [2.24, 2.45) is 11.8 Å². The minimum atomic E-state index is 0.983. The molecule has 0 saturated carbocycles. The monoisotopic (exact) mass is 182 g/mol. The molecular weight excluding hydrogens is 158 g/mol. The molecule has 1 heteroatoms. The van der Waals surface area contributed by atoms with E-state index in [0.717, 1.165) is 11.8 Å². The quantitative estimate of drug-likeness (QED) is 0.547. The molecule has 2 saturated heterocycles. The molecule has 2 atom stereocenters. The summed E-state index contributed by atoms with van der Waals surface area (Å²) in [7, 11) is 0. The molecule has 0 aromatic rings. The van der Waals surface area contributed by atoms with Gasteiger partial charge >= 0.3 is 0 Å². The van der Waals surface area contributed by atoms with Gasteiger partial charge < -0.3 is 4.48 Å². The van der Waals surface area contributed by atoms with Crippen molar-refractivity contribution in [1.82, 2.24) is 0 Å². The summed E-state index contributed by atoms with van der Waals surface area (Å²) in [6, 6.07) is 0. The van der Waals surface area contributed by atoms with Gasteiger partial charge in [0, 0.05) is 24.7 Å². The highest BCUT2D eigenvalue weighted by Crippen LogP contribution is 2.33. The first kappa shape index (κ1) is 9.51. The lowest BCUT2D eigenvalue weighted by atomic mass is 9.87. The Morgan fingerprint density at radius 3 is 2.46 bits per heavy atom. The van der Waals surface area contributed by atoms with Crippen LogP contribution in [0, 0.1) is 11.8 Å². The number of rotatable bonds is 1. The fourth-order valence-corrected chi connectivity index (χ4v) is 3.67. The van der Waals surface area contributed by atoms with Crippen molar-refractivity contribution in [1.29, 1.82) is 0 Å². The van der Waals surface area contributed by atoms with Crippen LogP contribution in [0.5, 0.6) is 0 Å². The molecule has 1 nitrogen and oxygen atoms in total. The van der Waals surface area contributed by atoms with Crippen LogP contribution in [0.1, 0.15) is 39.5 Å². The molecule has 2 fully saturated rings. The Balaban J connectivity index is 2.03. The third-order valence-corrected chi connectivity index (χ3v) is 4.17. The highest BCUT2D eigenvalue weighted by atomic mass is 15.4. The maximum absolute atomic E-state index is 2.46. The van der Waals surface area contributed by atoms with E-state index in [1.807, 2.05) is 0 Å². The second-order valence-electron chi connectivity index (χ2n) is 5.48. The first-order valence-electron chi connectivity index (χ1n) is 6.09. The van der Waals surface area contributed by atoms with E-state index in [-0.39, 0.29) is 0 Å². The van der Waals surface area contributed by atoms with Crippen molar-refractivity contribution < 1.29 is 4.48 Å². The van der Waals surface area contributed by atoms with Crippen molar-refractivity contribution in [3.8, 4) is 0 Å². The predicted molar refractivity (Wildman–Crippen MR) is 56.5 cm³/mol. The largest absolute Gasteiger partial charge is 0.323 e. The summed E-state index contributed by atoms with van der Waals surface area (Å²) in [5, 5.41) is 0. The summed E-state index contributed by atoms with van der Waals surface area (Å²) in [6.07, 6.45) is 5.88. The summed E-state index contributed by atoms with van der Waals surface area (Å²) in [5.74, 6) is 2.01. The van der Waals surface area contributed by atoms with Crippen molar-refractivity contribution >= 4 is 0 Å². The Bertz CT molecular complexity index is 170. The third-order valence-electron chi connectivity index (χ3n) is 4.17. The predicted octanol–water partition coefficient (Wildman–Crippen LogP) is 2.66. The summed E-state index contributed by atoms with van der Waals surface area (Å²) >= 11 is 0. The van der Waals surface area contributed by atoms with Gasteiger partial charge in [-0.25, -0.2) is 0 Å². The standard InChI is InChI=1S/C12H24N/c1-3-12-8-11(2)9-13(10-12)6-4-5-7-13/h11-12H,3-10H2,1-2H3/q+1. The number of quaternary nitrogens is 1. The van der Waals surface area contributed by atoms with Crippen LogP contribution in [0.4, 0.5) is 0 Å². The van der Waals surface area contributed by atoms with E-state index in [0.29, 0.717) is 0 Å². The molecule has 2 unspecified atom stereocenters. The number of piperidine rings is 1. The smallest absolute Gasteiger partial charge is 0.0815 e. The van der Waals surface area contributed by atoms with Gasteiger partial charge in [-0.2, -0.15) is 0 Å². The zero-order valence-electron chi connectivity index (χ0n) is 9.26. The van der Waals surface area contributed by atoms with E-state index >= 15 is 0 Å². The maximum Gasteiger partial charge on any atom is 0.0815 e. The molecule has 2 aliphatic heterocycles. The van der Waals surface area contributed by atoms with Crippen molar-refractivity contribution in [2.75, 3.05) is 26.2 Å². The van der Waals surface area contributed by atoms with Gasteiger partial charge in [-0.15, -0.1) is 0 Å². The van der Waals surface area contributed by atoms with Crippen molar-refractivity contribution in [2.45, 2.75) is 39.5 Å². The molecule has 2 aliphatic rings. The second kappa shape index (κ2) is 3.61. The lowest BCUT2D eigenvalue weighted by Crippen LogP contribution is -2.54. The van der Waals surface area contributed by atoms with Gasteiger partial charge in [0.1, 0.15) is 0 Å². The lowest BCUT2D eigenvalue weighted by Gasteiger charge is -2.44. The number of nitrogens with zero attached hydrogens (tertiary/aromatic N) is 1. The molecule has 0 aromatic heterocycles. The first-order chi connectivity index (χ1) is 6.24. The third kappa shape index (κ3) is 1.90. The summed E-state index contributed by atoms with van der Waals surface area (Å²) in [6.45, 7) is 10.8. The van der Waals surface area contributed by atoms with Crippen molar-refractivity contribution in [3.05, 3.63) is 0 Å². The van der Waals surface area contributed by atoms with Crippen LogP contribution in [0.3, 0.4) is 0 Å². The SMILES string of the molecule is CCC1CC(C)C[N+]2(CCCC2)C1. The van der Waals surface area contributed by atoms with Crippen LogP contribution >= 0.6 is 0 Å². The van der Waals surface area contributed by atoms with E-state index in [1.54, 1.807) is 0 Å². The molecule has 2 rings (SSSR count). The van der Waals surface area contributed by atoms with E-state index in [4.69, 9.17) is 0 Å². The van der Waals surface area contributed by atoms with Gasteiger partial charge in [0.05, 0.1) is 26.2 Å². The van der Waals surface area contributed by atoms with Gasteiger partial charge in [0.15, 0.2) is 0 Å². The summed E-state index contributed by atoms with van der Waals surface area (Å²) < 4.78 is 1.49. The molecule has 76 valence electrons. The Kier molecular flexibility index (Phi) is 2.64.